The van der Waals surface area contributed by atoms with Gasteiger partial charge in [0, 0.05) is 5.56 Å². The van der Waals surface area contributed by atoms with E-state index in [0.717, 1.165) is 0 Å². The maximum Gasteiger partial charge on any atom is 0.251 e. The highest BCUT2D eigenvalue weighted by molar-refractivity contribution is 5.94. The second-order valence-corrected chi connectivity index (χ2v) is 4.15. The van der Waals surface area contributed by atoms with Crippen LogP contribution in [0, 0.1) is 5.82 Å². The van der Waals surface area contributed by atoms with Crippen molar-refractivity contribution in [1.29, 1.82) is 0 Å². The van der Waals surface area contributed by atoms with E-state index in [0.29, 0.717) is 18.0 Å². The number of nitrogens with two attached hydrogens (primary N) is 1. The van der Waals surface area contributed by atoms with Gasteiger partial charge in [-0.3, -0.25) is 4.79 Å². The Hall–Kier alpha value is -2.56. The Morgan fingerprint density at radius 2 is 2.00 bits per heavy atom. The van der Waals surface area contributed by atoms with Crippen LogP contribution in [-0.4, -0.2) is 19.1 Å². The van der Waals surface area contributed by atoms with Crippen molar-refractivity contribution in [2.75, 3.05) is 18.9 Å². The van der Waals surface area contributed by atoms with Crippen LogP contribution in [0.3, 0.4) is 0 Å². The maximum absolute atomic E-state index is 13.0. The van der Waals surface area contributed by atoms with E-state index in [-0.39, 0.29) is 18.1 Å². The van der Waals surface area contributed by atoms with Gasteiger partial charge in [0.2, 0.25) is 0 Å². The lowest BCUT2D eigenvalue weighted by atomic mass is 10.2. The molecule has 0 atom stereocenters. The van der Waals surface area contributed by atoms with Gasteiger partial charge in [-0.05, 0) is 30.3 Å². The summed E-state index contributed by atoms with van der Waals surface area (Å²) >= 11 is 0. The van der Waals surface area contributed by atoms with Crippen LogP contribution >= 0.6 is 0 Å². The number of para-hydroxylation sites is 2. The Kier molecular flexibility index (Phi) is 4.55. The zero-order chi connectivity index (χ0) is 14.4. The number of carbonyl (C=O) groups is 1. The highest BCUT2D eigenvalue weighted by Crippen LogP contribution is 2.19. The molecule has 0 spiro atoms. The van der Waals surface area contributed by atoms with E-state index in [9.17, 15) is 9.18 Å². The predicted molar refractivity (Wildman–Crippen MR) is 75.1 cm³/mol. The molecule has 5 heteroatoms. The summed E-state index contributed by atoms with van der Waals surface area (Å²) in [6, 6.07) is 12.6. The van der Waals surface area contributed by atoms with Gasteiger partial charge in [-0.1, -0.05) is 18.2 Å². The molecule has 4 nitrogen and oxygen atoms in total. The van der Waals surface area contributed by atoms with Crippen LogP contribution < -0.4 is 15.8 Å². The Labute approximate surface area is 116 Å². The van der Waals surface area contributed by atoms with Gasteiger partial charge >= 0.3 is 0 Å². The lowest BCUT2D eigenvalue weighted by molar-refractivity contribution is 0.0946. The number of hydrogen-bond acceptors (Lipinski definition) is 3. The number of nitrogens with one attached hydrogen (secondary N) is 1. The Morgan fingerprint density at radius 1 is 1.20 bits per heavy atom. The lowest BCUT2D eigenvalue weighted by Crippen LogP contribution is -2.28. The standard InChI is InChI=1S/C15H15FN2O2/c16-12-5-3-4-11(10-12)15(19)18-8-9-20-14-7-2-1-6-13(14)17/h1-7,10H,8-9,17H2,(H,18,19). The molecule has 0 aliphatic carbocycles. The molecule has 104 valence electrons. The molecule has 1 amide bonds. The van der Waals surface area contributed by atoms with Crippen molar-refractivity contribution in [2.45, 2.75) is 0 Å². The largest absolute Gasteiger partial charge is 0.490 e. The van der Waals surface area contributed by atoms with E-state index in [1.54, 1.807) is 18.2 Å². The number of carbonyl (C=O) groups excluding carboxylic acids is 1. The van der Waals surface area contributed by atoms with E-state index in [1.165, 1.54) is 18.2 Å². The van der Waals surface area contributed by atoms with Crippen LogP contribution in [0.4, 0.5) is 10.1 Å². The van der Waals surface area contributed by atoms with E-state index in [4.69, 9.17) is 10.5 Å². The molecule has 0 radical (unpaired) electrons. The summed E-state index contributed by atoms with van der Waals surface area (Å²) < 4.78 is 18.4. The Morgan fingerprint density at radius 3 is 2.75 bits per heavy atom. The van der Waals surface area contributed by atoms with Crippen molar-refractivity contribution in [3.8, 4) is 5.75 Å². The van der Waals surface area contributed by atoms with E-state index in [2.05, 4.69) is 5.32 Å². The Balaban J connectivity index is 1.79. The van der Waals surface area contributed by atoms with Gasteiger partial charge in [-0.2, -0.15) is 0 Å². The number of hydrogen-bond donors (Lipinski definition) is 2. The first-order chi connectivity index (χ1) is 9.66. The molecule has 2 aromatic carbocycles. The van der Waals surface area contributed by atoms with Crippen LogP contribution in [0.2, 0.25) is 0 Å². The molecule has 0 aromatic heterocycles. The molecule has 0 saturated heterocycles. The van der Waals surface area contributed by atoms with Crippen molar-refractivity contribution in [2.24, 2.45) is 0 Å². The fraction of sp³-hybridized carbons (Fsp3) is 0.133. The third-order valence-electron chi connectivity index (χ3n) is 2.65. The van der Waals surface area contributed by atoms with Crippen LogP contribution in [0.1, 0.15) is 10.4 Å². The monoisotopic (exact) mass is 274 g/mol. The zero-order valence-electron chi connectivity index (χ0n) is 10.8. The van der Waals surface area contributed by atoms with Crippen molar-refractivity contribution in [3.05, 3.63) is 59.9 Å². The van der Waals surface area contributed by atoms with Gasteiger partial charge in [0.05, 0.1) is 12.2 Å². The molecule has 0 aliphatic rings. The number of benzene rings is 2. The van der Waals surface area contributed by atoms with Crippen molar-refractivity contribution in [1.82, 2.24) is 5.32 Å². The first-order valence-corrected chi connectivity index (χ1v) is 6.18. The van der Waals surface area contributed by atoms with E-state index < -0.39 is 5.82 Å². The fourth-order valence-electron chi connectivity index (χ4n) is 1.67. The highest BCUT2D eigenvalue weighted by Gasteiger charge is 2.05. The second-order valence-electron chi connectivity index (χ2n) is 4.15. The van der Waals surface area contributed by atoms with Gasteiger partial charge in [0.25, 0.3) is 5.91 Å². The first-order valence-electron chi connectivity index (χ1n) is 6.18. The predicted octanol–water partition coefficient (Wildman–Crippen LogP) is 2.22. The van der Waals surface area contributed by atoms with E-state index in [1.807, 2.05) is 12.1 Å². The summed E-state index contributed by atoms with van der Waals surface area (Å²) in [5.41, 5.74) is 6.54. The number of ether oxygens (including phenoxy) is 1. The quantitative estimate of drug-likeness (QED) is 0.649. The third kappa shape index (κ3) is 3.71. The summed E-state index contributed by atoms with van der Waals surface area (Å²) in [7, 11) is 0. The van der Waals surface area contributed by atoms with Crippen LogP contribution in [0.5, 0.6) is 5.75 Å². The maximum atomic E-state index is 13.0. The molecule has 0 saturated carbocycles. The topological polar surface area (TPSA) is 64.3 Å². The molecule has 0 unspecified atom stereocenters. The average Bonchev–Trinajstić information content (AvgIpc) is 2.45. The average molecular weight is 274 g/mol. The number of rotatable bonds is 5. The molecule has 3 N–H and O–H groups in total. The molecular formula is C15H15FN2O2. The summed E-state index contributed by atoms with van der Waals surface area (Å²) in [6.45, 7) is 0.596. The van der Waals surface area contributed by atoms with Gasteiger partial charge in [-0.25, -0.2) is 4.39 Å². The number of anilines is 1. The first kappa shape index (κ1) is 13.9. The zero-order valence-corrected chi connectivity index (χ0v) is 10.8. The molecule has 0 aliphatic heterocycles. The number of amides is 1. The van der Waals surface area contributed by atoms with Gasteiger partial charge < -0.3 is 15.8 Å². The third-order valence-corrected chi connectivity index (χ3v) is 2.65. The fourth-order valence-corrected chi connectivity index (χ4v) is 1.67. The minimum atomic E-state index is -0.439. The van der Waals surface area contributed by atoms with E-state index >= 15 is 0 Å². The SMILES string of the molecule is Nc1ccccc1OCCNC(=O)c1cccc(F)c1. The highest BCUT2D eigenvalue weighted by atomic mass is 19.1. The smallest absolute Gasteiger partial charge is 0.251 e. The minimum absolute atomic E-state index is 0.282. The van der Waals surface area contributed by atoms with Crippen molar-refractivity contribution < 1.29 is 13.9 Å². The summed E-state index contributed by atoms with van der Waals surface area (Å²) in [6.07, 6.45) is 0. The van der Waals surface area contributed by atoms with Gasteiger partial charge in [-0.15, -0.1) is 0 Å². The molecular weight excluding hydrogens is 259 g/mol. The number of halogens is 1. The Bertz CT molecular complexity index is 602. The summed E-state index contributed by atoms with van der Waals surface area (Å²) in [5, 5.41) is 2.64. The normalized spacial score (nSPS) is 10.1. The molecule has 2 aromatic rings. The summed E-state index contributed by atoms with van der Waals surface area (Å²) in [4.78, 5) is 11.7. The van der Waals surface area contributed by atoms with Gasteiger partial charge in [0.1, 0.15) is 18.2 Å². The molecule has 0 heterocycles. The van der Waals surface area contributed by atoms with Crippen molar-refractivity contribution in [3.63, 3.8) is 0 Å². The van der Waals surface area contributed by atoms with Crippen LogP contribution in [0.25, 0.3) is 0 Å². The minimum Gasteiger partial charge on any atom is -0.490 e. The second kappa shape index (κ2) is 6.56. The molecule has 2 rings (SSSR count). The van der Waals surface area contributed by atoms with Crippen LogP contribution in [-0.2, 0) is 0 Å². The van der Waals surface area contributed by atoms with Gasteiger partial charge in [0.15, 0.2) is 0 Å². The lowest BCUT2D eigenvalue weighted by Gasteiger charge is -2.09. The van der Waals surface area contributed by atoms with Crippen molar-refractivity contribution >= 4 is 11.6 Å². The molecule has 0 bridgehead atoms. The van der Waals surface area contributed by atoms with Crippen LogP contribution in [0.15, 0.2) is 48.5 Å². The molecule has 0 fully saturated rings. The summed E-state index contributed by atoms with van der Waals surface area (Å²) in [5.74, 6) is -0.201. The molecule has 20 heavy (non-hydrogen) atoms. The number of nitrogen functional groups attached to an aromatic ring is 1.